The van der Waals surface area contributed by atoms with Crippen LogP contribution in [0.25, 0.3) is 0 Å². The lowest BCUT2D eigenvalue weighted by Gasteiger charge is -2.05. The van der Waals surface area contributed by atoms with Crippen LogP contribution < -0.4 is 5.32 Å². The molecular formula is C10H15N. The smallest absolute Gasteiger partial charge is 0.0373 e. The van der Waals surface area contributed by atoms with E-state index in [2.05, 4.69) is 24.0 Å². The van der Waals surface area contributed by atoms with Crippen molar-refractivity contribution in [1.29, 1.82) is 0 Å². The van der Waals surface area contributed by atoms with Gasteiger partial charge in [-0.15, -0.1) is 6.58 Å². The standard InChI is InChI=1S/C10H13N.H2/c1-3-6-9-7-4-5-8-10(9)11-2;/h3-5,7-8,11H,1,6H2,2H3;1H. The third kappa shape index (κ3) is 1.84. The van der Waals surface area contributed by atoms with Crippen LogP contribution in [0.1, 0.15) is 6.99 Å². The van der Waals surface area contributed by atoms with E-state index in [1.807, 2.05) is 25.3 Å². The van der Waals surface area contributed by atoms with Gasteiger partial charge in [0, 0.05) is 14.2 Å². The van der Waals surface area contributed by atoms with Crippen LogP contribution in [-0.4, -0.2) is 7.05 Å². The Morgan fingerprint density at radius 2 is 2.27 bits per heavy atom. The predicted molar refractivity (Wildman–Crippen MR) is 52.0 cm³/mol. The van der Waals surface area contributed by atoms with Crippen molar-refractivity contribution in [2.75, 3.05) is 12.4 Å². The zero-order valence-electron chi connectivity index (χ0n) is 6.80. The summed E-state index contributed by atoms with van der Waals surface area (Å²) in [4.78, 5) is 0. The molecule has 0 saturated carbocycles. The first-order valence-corrected chi connectivity index (χ1v) is 3.75. The molecule has 1 rings (SSSR count). The number of benzene rings is 1. The van der Waals surface area contributed by atoms with Crippen molar-refractivity contribution in [2.24, 2.45) is 0 Å². The van der Waals surface area contributed by atoms with Gasteiger partial charge in [-0.25, -0.2) is 0 Å². The fraction of sp³-hybridized carbons (Fsp3) is 0.200. The molecular weight excluding hydrogens is 134 g/mol. The van der Waals surface area contributed by atoms with Crippen LogP contribution in [-0.2, 0) is 6.42 Å². The molecule has 0 unspecified atom stereocenters. The summed E-state index contributed by atoms with van der Waals surface area (Å²) in [5.74, 6) is 0. The lowest BCUT2D eigenvalue weighted by Crippen LogP contribution is -1.93. The van der Waals surface area contributed by atoms with Gasteiger partial charge in [-0.2, -0.15) is 0 Å². The Morgan fingerprint density at radius 3 is 2.91 bits per heavy atom. The molecule has 1 aromatic carbocycles. The van der Waals surface area contributed by atoms with Gasteiger partial charge in [0.15, 0.2) is 0 Å². The Bertz CT molecular complexity index is 245. The van der Waals surface area contributed by atoms with Gasteiger partial charge in [0.2, 0.25) is 0 Å². The molecule has 0 fully saturated rings. The summed E-state index contributed by atoms with van der Waals surface area (Å²) in [5, 5.41) is 3.13. The van der Waals surface area contributed by atoms with Gasteiger partial charge in [-0.1, -0.05) is 24.3 Å². The number of hydrogen-bond donors (Lipinski definition) is 1. The van der Waals surface area contributed by atoms with E-state index in [-0.39, 0.29) is 1.43 Å². The van der Waals surface area contributed by atoms with E-state index in [0.29, 0.717) is 0 Å². The number of nitrogens with one attached hydrogen (secondary N) is 1. The summed E-state index contributed by atoms with van der Waals surface area (Å²) in [5.41, 5.74) is 2.48. The summed E-state index contributed by atoms with van der Waals surface area (Å²) in [6.07, 6.45) is 2.84. The minimum absolute atomic E-state index is 0. The van der Waals surface area contributed by atoms with Crippen LogP contribution in [0.5, 0.6) is 0 Å². The molecule has 0 atom stereocenters. The van der Waals surface area contributed by atoms with Crippen LogP contribution in [0, 0.1) is 0 Å². The van der Waals surface area contributed by atoms with Crippen molar-refractivity contribution in [2.45, 2.75) is 6.42 Å². The van der Waals surface area contributed by atoms with Crippen molar-refractivity contribution in [3.05, 3.63) is 42.5 Å². The number of para-hydroxylation sites is 1. The molecule has 1 aromatic rings. The first-order valence-electron chi connectivity index (χ1n) is 3.75. The fourth-order valence-electron chi connectivity index (χ4n) is 1.10. The maximum atomic E-state index is 3.70. The number of rotatable bonds is 3. The zero-order valence-corrected chi connectivity index (χ0v) is 6.80. The van der Waals surface area contributed by atoms with Gasteiger partial charge in [-0.3, -0.25) is 0 Å². The second-order valence-corrected chi connectivity index (χ2v) is 2.40. The largest absolute Gasteiger partial charge is 0.388 e. The van der Waals surface area contributed by atoms with Crippen molar-refractivity contribution >= 4 is 5.69 Å². The second-order valence-electron chi connectivity index (χ2n) is 2.40. The molecule has 0 heterocycles. The minimum atomic E-state index is 0. The third-order valence-electron chi connectivity index (χ3n) is 1.65. The highest BCUT2D eigenvalue weighted by Crippen LogP contribution is 2.14. The van der Waals surface area contributed by atoms with Crippen LogP contribution in [0.4, 0.5) is 5.69 Å². The molecule has 1 N–H and O–H groups in total. The maximum Gasteiger partial charge on any atom is 0.0373 e. The third-order valence-corrected chi connectivity index (χ3v) is 1.65. The molecule has 0 bridgehead atoms. The Balaban J connectivity index is 0.00000121. The SMILES string of the molecule is C=CCc1ccccc1NC.[HH]. The molecule has 0 radical (unpaired) electrons. The molecule has 1 heteroatoms. The average molecular weight is 149 g/mol. The summed E-state index contributed by atoms with van der Waals surface area (Å²) in [6.45, 7) is 3.70. The molecule has 0 amide bonds. The van der Waals surface area contributed by atoms with Crippen molar-refractivity contribution < 1.29 is 1.43 Å². The molecule has 11 heavy (non-hydrogen) atoms. The fourth-order valence-corrected chi connectivity index (χ4v) is 1.10. The quantitative estimate of drug-likeness (QED) is 0.651. The monoisotopic (exact) mass is 149 g/mol. The van der Waals surface area contributed by atoms with Gasteiger partial charge in [-0.05, 0) is 18.1 Å². The van der Waals surface area contributed by atoms with Crippen molar-refractivity contribution in [3.63, 3.8) is 0 Å². The van der Waals surface area contributed by atoms with E-state index in [4.69, 9.17) is 0 Å². The van der Waals surface area contributed by atoms with E-state index in [9.17, 15) is 0 Å². The van der Waals surface area contributed by atoms with E-state index in [1.54, 1.807) is 0 Å². The van der Waals surface area contributed by atoms with Gasteiger partial charge in [0.05, 0.1) is 0 Å². The van der Waals surface area contributed by atoms with Crippen LogP contribution >= 0.6 is 0 Å². The average Bonchev–Trinajstić information content (AvgIpc) is 2.06. The highest BCUT2D eigenvalue weighted by Gasteiger charge is 1.94. The topological polar surface area (TPSA) is 12.0 Å². The first kappa shape index (κ1) is 7.86. The highest BCUT2D eigenvalue weighted by atomic mass is 14.8. The summed E-state index contributed by atoms with van der Waals surface area (Å²) < 4.78 is 0. The van der Waals surface area contributed by atoms with Gasteiger partial charge in [0.25, 0.3) is 0 Å². The molecule has 0 saturated heterocycles. The molecule has 60 valence electrons. The summed E-state index contributed by atoms with van der Waals surface area (Å²) in [7, 11) is 1.93. The lowest BCUT2D eigenvalue weighted by molar-refractivity contribution is 1.26. The summed E-state index contributed by atoms with van der Waals surface area (Å²) >= 11 is 0. The van der Waals surface area contributed by atoms with Crippen LogP contribution in [0.3, 0.4) is 0 Å². The normalized spacial score (nSPS) is 9.18. The molecule has 0 spiro atoms. The van der Waals surface area contributed by atoms with Gasteiger partial charge in [0.1, 0.15) is 0 Å². The Kier molecular flexibility index (Phi) is 2.73. The second kappa shape index (κ2) is 3.81. The predicted octanol–water partition coefficient (Wildman–Crippen LogP) is 2.70. The van der Waals surface area contributed by atoms with E-state index >= 15 is 0 Å². The Morgan fingerprint density at radius 1 is 1.55 bits per heavy atom. The van der Waals surface area contributed by atoms with Crippen molar-refractivity contribution in [3.8, 4) is 0 Å². The lowest BCUT2D eigenvalue weighted by atomic mass is 10.1. The van der Waals surface area contributed by atoms with Crippen LogP contribution in [0.15, 0.2) is 36.9 Å². The van der Waals surface area contributed by atoms with E-state index in [0.717, 1.165) is 6.42 Å². The minimum Gasteiger partial charge on any atom is -0.388 e. The zero-order chi connectivity index (χ0) is 8.10. The molecule has 0 aliphatic carbocycles. The summed E-state index contributed by atoms with van der Waals surface area (Å²) in [6, 6.07) is 8.24. The Hall–Kier alpha value is -1.24. The van der Waals surface area contributed by atoms with E-state index < -0.39 is 0 Å². The highest BCUT2D eigenvalue weighted by molar-refractivity contribution is 5.51. The number of allylic oxidation sites excluding steroid dienone is 1. The molecule has 0 aliphatic rings. The first-order chi connectivity index (χ1) is 5.38. The Labute approximate surface area is 69.2 Å². The molecule has 0 aromatic heterocycles. The van der Waals surface area contributed by atoms with E-state index in [1.165, 1.54) is 11.3 Å². The maximum absolute atomic E-state index is 3.70. The number of anilines is 1. The van der Waals surface area contributed by atoms with Crippen molar-refractivity contribution in [1.82, 2.24) is 0 Å². The van der Waals surface area contributed by atoms with Gasteiger partial charge < -0.3 is 5.32 Å². The van der Waals surface area contributed by atoms with Gasteiger partial charge >= 0.3 is 0 Å². The number of hydrogen-bond acceptors (Lipinski definition) is 1. The van der Waals surface area contributed by atoms with Crippen LogP contribution in [0.2, 0.25) is 0 Å². The molecule has 1 nitrogen and oxygen atoms in total. The molecule has 0 aliphatic heterocycles.